The van der Waals surface area contributed by atoms with Crippen molar-refractivity contribution in [3.63, 3.8) is 0 Å². The average molecular weight is 407 g/mol. The zero-order chi connectivity index (χ0) is 18.6. The molecule has 1 N–H and O–H groups in total. The maximum Gasteiger partial charge on any atom is 0.339 e. The van der Waals surface area contributed by atoms with Gasteiger partial charge in [0, 0.05) is 19.1 Å². The Morgan fingerprint density at radius 1 is 1.23 bits per heavy atom. The molecule has 1 aliphatic rings. The Hall–Kier alpha value is -1.68. The summed E-state index contributed by atoms with van der Waals surface area (Å²) in [4.78, 5) is 23.5. The largest absolute Gasteiger partial charge is 0.465 e. The molecule has 1 heterocycles. The molecule has 1 atom stereocenters. The molecule has 8 nitrogen and oxygen atoms in total. The highest BCUT2D eigenvalue weighted by atomic mass is 35.5. The molecule has 0 bridgehead atoms. The SMILES string of the molecule is CNCC1CCCN1S(=O)(=O)c1cc(C(=O)OC)ccc1C(=O)OC.Cl. The van der Waals surface area contributed by atoms with Crippen LogP contribution in [0.15, 0.2) is 23.1 Å². The number of methoxy groups -OCH3 is 2. The Morgan fingerprint density at radius 3 is 2.46 bits per heavy atom. The minimum absolute atomic E-state index is 0. The molecule has 0 amide bonds. The third-order valence-corrected chi connectivity index (χ3v) is 6.15. The van der Waals surface area contributed by atoms with Crippen LogP contribution in [0.1, 0.15) is 33.6 Å². The number of benzene rings is 1. The minimum atomic E-state index is -3.98. The Kier molecular flexibility index (Phi) is 8.01. The number of hydrogen-bond acceptors (Lipinski definition) is 7. The first kappa shape index (κ1) is 22.4. The summed E-state index contributed by atoms with van der Waals surface area (Å²) in [5.41, 5.74) is -0.0525. The second-order valence-electron chi connectivity index (χ2n) is 5.66. The Labute approximate surface area is 159 Å². The van der Waals surface area contributed by atoms with Crippen LogP contribution in [-0.2, 0) is 19.5 Å². The number of likely N-dealkylation sites (N-methyl/N-ethyl adjacent to an activating group) is 1. The first-order chi connectivity index (χ1) is 11.9. The maximum atomic E-state index is 13.2. The standard InChI is InChI=1S/C16H22N2O6S.ClH/c1-17-10-12-5-4-8-18(12)25(21,22)14-9-11(15(19)23-2)6-7-13(14)16(20)24-3;/h6-7,9,12,17H,4-5,8,10H2,1-3H3;1H. The van der Waals surface area contributed by atoms with Gasteiger partial charge in [0.2, 0.25) is 10.0 Å². The Bertz CT molecular complexity index is 768. The van der Waals surface area contributed by atoms with Crippen LogP contribution in [0.5, 0.6) is 0 Å². The predicted octanol–water partition coefficient (Wildman–Crippen LogP) is 1.05. The van der Waals surface area contributed by atoms with Crippen molar-refractivity contribution in [3.05, 3.63) is 29.3 Å². The number of nitrogens with one attached hydrogen (secondary N) is 1. The van der Waals surface area contributed by atoms with Gasteiger partial charge in [-0.3, -0.25) is 0 Å². The van der Waals surface area contributed by atoms with E-state index in [4.69, 9.17) is 0 Å². The summed E-state index contributed by atoms with van der Waals surface area (Å²) in [5, 5.41) is 2.98. The Morgan fingerprint density at radius 2 is 1.88 bits per heavy atom. The molecule has 0 spiro atoms. The van der Waals surface area contributed by atoms with Crippen LogP contribution >= 0.6 is 12.4 Å². The molecule has 0 radical (unpaired) electrons. The fourth-order valence-corrected chi connectivity index (χ4v) is 4.85. The quantitative estimate of drug-likeness (QED) is 0.704. The van der Waals surface area contributed by atoms with E-state index in [1.54, 1.807) is 7.05 Å². The number of carbonyl (C=O) groups is 2. The summed E-state index contributed by atoms with van der Waals surface area (Å²) >= 11 is 0. The van der Waals surface area contributed by atoms with Crippen molar-refractivity contribution < 1.29 is 27.5 Å². The molecule has 0 aromatic heterocycles. The third-order valence-electron chi connectivity index (χ3n) is 4.16. The van der Waals surface area contributed by atoms with E-state index in [0.29, 0.717) is 13.1 Å². The van der Waals surface area contributed by atoms with Crippen LogP contribution in [0.3, 0.4) is 0 Å². The summed E-state index contributed by atoms with van der Waals surface area (Å²) in [6.07, 6.45) is 1.46. The lowest BCUT2D eigenvalue weighted by molar-refractivity contribution is 0.0583. The number of rotatable bonds is 6. The molecule has 26 heavy (non-hydrogen) atoms. The summed E-state index contributed by atoms with van der Waals surface area (Å²) < 4.78 is 37.0. The molecule has 2 rings (SSSR count). The monoisotopic (exact) mass is 406 g/mol. The van der Waals surface area contributed by atoms with E-state index in [2.05, 4.69) is 14.8 Å². The number of hydrogen-bond donors (Lipinski definition) is 1. The fraction of sp³-hybridized carbons (Fsp3) is 0.500. The van der Waals surface area contributed by atoms with Gasteiger partial charge in [-0.2, -0.15) is 4.31 Å². The van der Waals surface area contributed by atoms with Crippen LogP contribution in [0.25, 0.3) is 0 Å². The highest BCUT2D eigenvalue weighted by Gasteiger charge is 2.37. The molecular weight excluding hydrogens is 384 g/mol. The summed E-state index contributed by atoms with van der Waals surface area (Å²) in [5.74, 6) is -1.46. The van der Waals surface area contributed by atoms with E-state index >= 15 is 0 Å². The van der Waals surface area contributed by atoms with Crippen molar-refractivity contribution in [2.24, 2.45) is 0 Å². The highest BCUT2D eigenvalue weighted by Crippen LogP contribution is 2.29. The summed E-state index contributed by atoms with van der Waals surface area (Å²) in [7, 11) is 0.151. The maximum absolute atomic E-state index is 13.2. The van der Waals surface area contributed by atoms with Crippen LogP contribution < -0.4 is 5.32 Å². The van der Waals surface area contributed by atoms with Crippen LogP contribution in [-0.4, -0.2) is 65.1 Å². The van der Waals surface area contributed by atoms with Crippen molar-refractivity contribution >= 4 is 34.4 Å². The van der Waals surface area contributed by atoms with Gasteiger partial charge >= 0.3 is 11.9 Å². The predicted molar refractivity (Wildman–Crippen MR) is 97.2 cm³/mol. The summed E-state index contributed by atoms with van der Waals surface area (Å²) in [6, 6.07) is 3.57. The molecule has 1 saturated heterocycles. The molecule has 146 valence electrons. The number of halogens is 1. The van der Waals surface area contributed by atoms with E-state index in [1.807, 2.05) is 0 Å². The Balaban J connectivity index is 0.00000338. The van der Waals surface area contributed by atoms with Gasteiger partial charge in [-0.1, -0.05) is 0 Å². The number of nitrogens with zero attached hydrogens (tertiary/aromatic N) is 1. The highest BCUT2D eigenvalue weighted by molar-refractivity contribution is 7.89. The van der Waals surface area contributed by atoms with Crippen molar-refractivity contribution in [3.8, 4) is 0 Å². The first-order valence-electron chi connectivity index (χ1n) is 7.84. The van der Waals surface area contributed by atoms with Crippen LogP contribution in [0, 0.1) is 0 Å². The van der Waals surface area contributed by atoms with Crippen LogP contribution in [0.2, 0.25) is 0 Å². The van der Waals surface area contributed by atoms with Gasteiger partial charge in [0.15, 0.2) is 0 Å². The normalized spacial score (nSPS) is 17.4. The van der Waals surface area contributed by atoms with E-state index in [1.165, 1.54) is 36.7 Å². The van der Waals surface area contributed by atoms with Gasteiger partial charge in [-0.25, -0.2) is 18.0 Å². The molecule has 10 heteroatoms. The van der Waals surface area contributed by atoms with Gasteiger partial charge in [0.05, 0.1) is 30.2 Å². The smallest absolute Gasteiger partial charge is 0.339 e. The fourth-order valence-electron chi connectivity index (χ4n) is 2.95. The topological polar surface area (TPSA) is 102 Å². The van der Waals surface area contributed by atoms with Gasteiger partial charge in [-0.05, 0) is 38.1 Å². The van der Waals surface area contributed by atoms with E-state index in [-0.39, 0.29) is 34.5 Å². The van der Waals surface area contributed by atoms with Crippen molar-refractivity contribution in [2.75, 3.05) is 34.4 Å². The van der Waals surface area contributed by atoms with Gasteiger partial charge in [-0.15, -0.1) is 12.4 Å². The summed E-state index contributed by atoms with van der Waals surface area (Å²) in [6.45, 7) is 0.862. The second-order valence-corrected chi connectivity index (χ2v) is 7.52. The molecule has 1 unspecified atom stereocenters. The molecule has 1 aromatic carbocycles. The zero-order valence-corrected chi connectivity index (χ0v) is 16.5. The number of carbonyl (C=O) groups excluding carboxylic acids is 2. The zero-order valence-electron chi connectivity index (χ0n) is 14.9. The number of ether oxygens (including phenoxy) is 2. The molecule has 1 aliphatic heterocycles. The van der Waals surface area contributed by atoms with Gasteiger partial charge < -0.3 is 14.8 Å². The van der Waals surface area contributed by atoms with Crippen molar-refractivity contribution in [1.29, 1.82) is 0 Å². The molecule has 0 saturated carbocycles. The van der Waals surface area contributed by atoms with Gasteiger partial charge in [0.25, 0.3) is 0 Å². The third kappa shape index (κ3) is 4.35. The van der Waals surface area contributed by atoms with Crippen molar-refractivity contribution in [1.82, 2.24) is 9.62 Å². The lowest BCUT2D eigenvalue weighted by Gasteiger charge is -2.25. The average Bonchev–Trinajstić information content (AvgIpc) is 3.09. The van der Waals surface area contributed by atoms with Gasteiger partial charge in [0.1, 0.15) is 0 Å². The first-order valence-corrected chi connectivity index (χ1v) is 9.28. The van der Waals surface area contributed by atoms with E-state index < -0.39 is 22.0 Å². The molecule has 1 fully saturated rings. The molecule has 1 aromatic rings. The molecular formula is C16H23ClN2O6S. The lowest BCUT2D eigenvalue weighted by atomic mass is 10.1. The second kappa shape index (κ2) is 9.31. The molecule has 0 aliphatic carbocycles. The minimum Gasteiger partial charge on any atom is -0.465 e. The number of esters is 2. The van der Waals surface area contributed by atoms with E-state index in [9.17, 15) is 18.0 Å². The lowest BCUT2D eigenvalue weighted by Crippen LogP contribution is -2.41. The number of sulfonamides is 1. The van der Waals surface area contributed by atoms with Crippen LogP contribution in [0.4, 0.5) is 0 Å². The van der Waals surface area contributed by atoms with E-state index in [0.717, 1.165) is 12.8 Å². The van der Waals surface area contributed by atoms with Crippen molar-refractivity contribution in [2.45, 2.75) is 23.8 Å².